The third-order valence-corrected chi connectivity index (χ3v) is 2.33. The second-order valence-electron chi connectivity index (χ2n) is 3.90. The van der Waals surface area contributed by atoms with Crippen molar-refractivity contribution < 1.29 is 0 Å². The zero-order valence-corrected chi connectivity index (χ0v) is 7.85. The Morgan fingerprint density at radius 2 is 2.27 bits per heavy atom. The highest BCUT2D eigenvalue weighted by molar-refractivity contribution is 5.08. The molecule has 1 unspecified atom stereocenters. The van der Waals surface area contributed by atoms with Gasteiger partial charge < -0.3 is 5.32 Å². The SMILES string of the molecule is CC1CNCC=C(C(C)C)C1. The molecule has 1 aliphatic heterocycles. The van der Waals surface area contributed by atoms with Crippen LogP contribution < -0.4 is 5.32 Å². The lowest BCUT2D eigenvalue weighted by molar-refractivity contribution is 0.524. The van der Waals surface area contributed by atoms with Gasteiger partial charge in [0, 0.05) is 6.54 Å². The second kappa shape index (κ2) is 3.91. The third-order valence-electron chi connectivity index (χ3n) is 2.33. The van der Waals surface area contributed by atoms with Crippen molar-refractivity contribution in [1.82, 2.24) is 5.32 Å². The van der Waals surface area contributed by atoms with Crippen LogP contribution in [0.3, 0.4) is 0 Å². The molecule has 1 N–H and O–H groups in total. The van der Waals surface area contributed by atoms with Crippen molar-refractivity contribution in [2.75, 3.05) is 13.1 Å². The number of allylic oxidation sites excluding steroid dienone is 1. The van der Waals surface area contributed by atoms with Crippen LogP contribution in [0.1, 0.15) is 27.2 Å². The Balaban J connectivity index is 2.54. The van der Waals surface area contributed by atoms with Crippen LogP contribution >= 0.6 is 0 Å². The summed E-state index contributed by atoms with van der Waals surface area (Å²) in [5.74, 6) is 1.54. The molecule has 1 heteroatoms. The normalized spacial score (nSPS) is 26.5. The Labute approximate surface area is 69.9 Å². The first-order valence-electron chi connectivity index (χ1n) is 4.59. The zero-order chi connectivity index (χ0) is 8.27. The van der Waals surface area contributed by atoms with E-state index in [4.69, 9.17) is 0 Å². The van der Waals surface area contributed by atoms with Crippen LogP contribution in [0.5, 0.6) is 0 Å². The number of hydrogen-bond acceptors (Lipinski definition) is 1. The van der Waals surface area contributed by atoms with Gasteiger partial charge in [-0.2, -0.15) is 0 Å². The topological polar surface area (TPSA) is 12.0 Å². The van der Waals surface area contributed by atoms with Crippen molar-refractivity contribution in [2.45, 2.75) is 27.2 Å². The van der Waals surface area contributed by atoms with E-state index in [2.05, 4.69) is 32.2 Å². The highest BCUT2D eigenvalue weighted by atomic mass is 14.9. The minimum Gasteiger partial charge on any atom is -0.313 e. The molecule has 1 heterocycles. The van der Waals surface area contributed by atoms with Crippen LogP contribution in [0.4, 0.5) is 0 Å². The van der Waals surface area contributed by atoms with Gasteiger partial charge in [-0.3, -0.25) is 0 Å². The van der Waals surface area contributed by atoms with Gasteiger partial charge in [-0.15, -0.1) is 0 Å². The summed E-state index contributed by atoms with van der Waals surface area (Å²) < 4.78 is 0. The standard InChI is InChI=1S/C10H19N/c1-8(2)10-4-5-11-7-9(3)6-10/h4,8-9,11H,5-7H2,1-3H3. The largest absolute Gasteiger partial charge is 0.313 e. The molecule has 1 rings (SSSR count). The predicted octanol–water partition coefficient (Wildman–Crippen LogP) is 2.20. The van der Waals surface area contributed by atoms with E-state index in [9.17, 15) is 0 Å². The smallest absolute Gasteiger partial charge is 0.0137 e. The Morgan fingerprint density at radius 3 is 2.91 bits per heavy atom. The molecule has 0 aliphatic carbocycles. The van der Waals surface area contributed by atoms with E-state index in [0.29, 0.717) is 0 Å². The Bertz CT molecular complexity index is 147. The third kappa shape index (κ3) is 2.66. The number of nitrogens with one attached hydrogen (secondary N) is 1. The van der Waals surface area contributed by atoms with Crippen LogP contribution in [0.2, 0.25) is 0 Å². The lowest BCUT2D eigenvalue weighted by atomic mass is 9.94. The van der Waals surface area contributed by atoms with Gasteiger partial charge in [-0.05, 0) is 24.8 Å². The lowest BCUT2D eigenvalue weighted by Crippen LogP contribution is -2.18. The molecular weight excluding hydrogens is 134 g/mol. The fourth-order valence-electron chi connectivity index (χ4n) is 1.56. The van der Waals surface area contributed by atoms with Gasteiger partial charge in [0.05, 0.1) is 0 Å². The average molecular weight is 153 g/mol. The zero-order valence-electron chi connectivity index (χ0n) is 7.85. The molecule has 0 saturated carbocycles. The van der Waals surface area contributed by atoms with Crippen LogP contribution in [0.15, 0.2) is 11.6 Å². The quantitative estimate of drug-likeness (QED) is 0.569. The molecule has 0 aromatic heterocycles. The van der Waals surface area contributed by atoms with Crippen molar-refractivity contribution in [1.29, 1.82) is 0 Å². The molecule has 64 valence electrons. The van der Waals surface area contributed by atoms with E-state index in [1.54, 1.807) is 5.57 Å². The van der Waals surface area contributed by atoms with Gasteiger partial charge in [0.2, 0.25) is 0 Å². The van der Waals surface area contributed by atoms with Crippen LogP contribution in [-0.4, -0.2) is 13.1 Å². The summed E-state index contributed by atoms with van der Waals surface area (Å²) in [6.07, 6.45) is 3.64. The molecule has 0 aromatic carbocycles. The maximum atomic E-state index is 3.41. The first-order valence-corrected chi connectivity index (χ1v) is 4.59. The molecule has 0 fully saturated rings. The molecule has 0 amide bonds. The molecule has 1 aliphatic rings. The van der Waals surface area contributed by atoms with E-state index in [-0.39, 0.29) is 0 Å². The molecule has 11 heavy (non-hydrogen) atoms. The molecule has 0 spiro atoms. The number of hydrogen-bond donors (Lipinski definition) is 1. The average Bonchev–Trinajstić information content (AvgIpc) is 2.13. The molecule has 0 radical (unpaired) electrons. The molecule has 1 atom stereocenters. The Morgan fingerprint density at radius 1 is 1.55 bits per heavy atom. The second-order valence-corrected chi connectivity index (χ2v) is 3.90. The van der Waals surface area contributed by atoms with Gasteiger partial charge in [-0.25, -0.2) is 0 Å². The summed E-state index contributed by atoms with van der Waals surface area (Å²) in [6, 6.07) is 0. The van der Waals surface area contributed by atoms with Crippen LogP contribution in [-0.2, 0) is 0 Å². The first-order chi connectivity index (χ1) is 5.20. The fourth-order valence-corrected chi connectivity index (χ4v) is 1.56. The summed E-state index contributed by atoms with van der Waals surface area (Å²) >= 11 is 0. The fraction of sp³-hybridized carbons (Fsp3) is 0.800. The Kier molecular flexibility index (Phi) is 3.13. The first kappa shape index (κ1) is 8.79. The summed E-state index contributed by atoms with van der Waals surface area (Å²) in [5, 5.41) is 3.41. The van der Waals surface area contributed by atoms with Crippen molar-refractivity contribution in [3.05, 3.63) is 11.6 Å². The van der Waals surface area contributed by atoms with E-state index >= 15 is 0 Å². The summed E-state index contributed by atoms with van der Waals surface area (Å²) in [7, 11) is 0. The van der Waals surface area contributed by atoms with Gasteiger partial charge in [0.1, 0.15) is 0 Å². The molecule has 0 bridgehead atoms. The molecule has 0 aromatic rings. The highest BCUT2D eigenvalue weighted by Crippen LogP contribution is 2.20. The molecular formula is C10H19N. The highest BCUT2D eigenvalue weighted by Gasteiger charge is 2.11. The monoisotopic (exact) mass is 153 g/mol. The van der Waals surface area contributed by atoms with E-state index < -0.39 is 0 Å². The van der Waals surface area contributed by atoms with Crippen LogP contribution in [0, 0.1) is 11.8 Å². The van der Waals surface area contributed by atoms with Gasteiger partial charge in [-0.1, -0.05) is 32.4 Å². The minimum atomic E-state index is 0.734. The van der Waals surface area contributed by atoms with Crippen LogP contribution in [0.25, 0.3) is 0 Å². The Hall–Kier alpha value is -0.300. The van der Waals surface area contributed by atoms with E-state index in [1.807, 2.05) is 0 Å². The van der Waals surface area contributed by atoms with Crippen molar-refractivity contribution in [3.63, 3.8) is 0 Å². The number of rotatable bonds is 1. The lowest BCUT2D eigenvalue weighted by Gasteiger charge is -2.12. The van der Waals surface area contributed by atoms with Gasteiger partial charge in [0.25, 0.3) is 0 Å². The van der Waals surface area contributed by atoms with E-state index in [1.165, 1.54) is 13.0 Å². The van der Waals surface area contributed by atoms with Gasteiger partial charge >= 0.3 is 0 Å². The maximum Gasteiger partial charge on any atom is 0.0137 e. The van der Waals surface area contributed by atoms with E-state index in [0.717, 1.165) is 18.4 Å². The van der Waals surface area contributed by atoms with Crippen molar-refractivity contribution in [3.8, 4) is 0 Å². The summed E-state index contributed by atoms with van der Waals surface area (Å²) in [6.45, 7) is 9.12. The molecule has 1 nitrogen and oxygen atoms in total. The summed E-state index contributed by atoms with van der Waals surface area (Å²) in [5.41, 5.74) is 1.63. The predicted molar refractivity (Wildman–Crippen MR) is 49.6 cm³/mol. The van der Waals surface area contributed by atoms with Crippen molar-refractivity contribution in [2.24, 2.45) is 11.8 Å². The minimum absolute atomic E-state index is 0.734. The summed E-state index contributed by atoms with van der Waals surface area (Å²) in [4.78, 5) is 0. The van der Waals surface area contributed by atoms with Gasteiger partial charge in [0.15, 0.2) is 0 Å². The maximum absolute atomic E-state index is 3.41. The van der Waals surface area contributed by atoms with Crippen molar-refractivity contribution >= 4 is 0 Å². The molecule has 0 saturated heterocycles.